The fourth-order valence-corrected chi connectivity index (χ4v) is 1.61. The SMILES string of the molecule is C=C(C)C(=O)Nc1ccc(N=Nc2ccc([N+](=O)[O-])cc2)cc1. The number of nitrogens with one attached hydrogen (secondary N) is 1. The molecule has 1 N–H and O–H groups in total. The van der Waals surface area contributed by atoms with Crippen molar-refractivity contribution in [2.45, 2.75) is 6.92 Å². The Morgan fingerprint density at radius 1 is 1.04 bits per heavy atom. The molecule has 0 radical (unpaired) electrons. The maximum atomic E-state index is 11.5. The van der Waals surface area contributed by atoms with Crippen LogP contribution in [0.4, 0.5) is 22.7 Å². The second kappa shape index (κ2) is 7.08. The molecule has 7 nitrogen and oxygen atoms in total. The smallest absolute Gasteiger partial charge is 0.269 e. The number of non-ortho nitro benzene ring substituents is 1. The van der Waals surface area contributed by atoms with Gasteiger partial charge in [0.25, 0.3) is 11.6 Å². The van der Waals surface area contributed by atoms with Crippen LogP contribution in [0.3, 0.4) is 0 Å². The van der Waals surface area contributed by atoms with Crippen molar-refractivity contribution in [2.75, 3.05) is 5.32 Å². The van der Waals surface area contributed by atoms with Gasteiger partial charge >= 0.3 is 0 Å². The van der Waals surface area contributed by atoms with E-state index in [0.29, 0.717) is 22.6 Å². The zero-order chi connectivity index (χ0) is 16.8. The molecular formula is C16H14N4O3. The summed E-state index contributed by atoms with van der Waals surface area (Å²) < 4.78 is 0. The van der Waals surface area contributed by atoms with Crippen LogP contribution in [0.25, 0.3) is 0 Å². The highest BCUT2D eigenvalue weighted by atomic mass is 16.6. The lowest BCUT2D eigenvalue weighted by Crippen LogP contribution is -2.11. The quantitative estimate of drug-likeness (QED) is 0.380. The number of nitrogens with zero attached hydrogens (tertiary/aromatic N) is 3. The first kappa shape index (κ1) is 16.0. The fourth-order valence-electron chi connectivity index (χ4n) is 1.61. The maximum absolute atomic E-state index is 11.5. The van der Waals surface area contributed by atoms with Crippen LogP contribution in [0, 0.1) is 10.1 Å². The summed E-state index contributed by atoms with van der Waals surface area (Å²) in [6, 6.07) is 12.6. The van der Waals surface area contributed by atoms with Crippen LogP contribution in [-0.4, -0.2) is 10.8 Å². The van der Waals surface area contributed by atoms with Crippen molar-refractivity contribution in [2.24, 2.45) is 10.2 Å². The second-order valence-electron chi connectivity index (χ2n) is 4.75. The van der Waals surface area contributed by atoms with Gasteiger partial charge in [-0.2, -0.15) is 10.2 Å². The van der Waals surface area contributed by atoms with E-state index in [9.17, 15) is 14.9 Å². The Hall–Kier alpha value is -3.35. The molecule has 0 atom stereocenters. The van der Waals surface area contributed by atoms with Crippen molar-refractivity contribution in [1.29, 1.82) is 0 Å². The lowest BCUT2D eigenvalue weighted by molar-refractivity contribution is -0.384. The minimum atomic E-state index is -0.473. The van der Waals surface area contributed by atoms with Gasteiger partial charge in [-0.3, -0.25) is 14.9 Å². The fraction of sp³-hybridized carbons (Fsp3) is 0.0625. The average molecular weight is 310 g/mol. The third-order valence-corrected chi connectivity index (χ3v) is 2.85. The molecule has 0 aliphatic rings. The molecule has 0 aromatic heterocycles. The number of carbonyl (C=O) groups excluding carboxylic acids is 1. The standard InChI is InChI=1S/C16H14N4O3/c1-11(2)16(21)17-12-3-5-13(6-4-12)18-19-14-7-9-15(10-8-14)20(22)23/h3-10H,1H2,2H3,(H,17,21). The first-order valence-electron chi connectivity index (χ1n) is 6.69. The van der Waals surface area contributed by atoms with Crippen molar-refractivity contribution < 1.29 is 9.72 Å². The number of azo groups is 1. The van der Waals surface area contributed by atoms with E-state index in [1.54, 1.807) is 31.2 Å². The van der Waals surface area contributed by atoms with E-state index in [2.05, 4.69) is 22.1 Å². The summed E-state index contributed by atoms with van der Waals surface area (Å²) in [6.45, 7) is 5.19. The summed E-state index contributed by atoms with van der Waals surface area (Å²) in [6.07, 6.45) is 0. The van der Waals surface area contributed by atoms with Gasteiger partial charge in [-0.1, -0.05) is 6.58 Å². The van der Waals surface area contributed by atoms with Gasteiger partial charge in [-0.05, 0) is 43.3 Å². The molecule has 0 fully saturated rings. The number of nitro groups is 1. The lowest BCUT2D eigenvalue weighted by atomic mass is 10.2. The molecule has 0 bridgehead atoms. The van der Waals surface area contributed by atoms with Crippen LogP contribution in [0.5, 0.6) is 0 Å². The van der Waals surface area contributed by atoms with E-state index in [0.717, 1.165) is 0 Å². The van der Waals surface area contributed by atoms with Gasteiger partial charge < -0.3 is 5.32 Å². The van der Waals surface area contributed by atoms with Crippen molar-refractivity contribution in [1.82, 2.24) is 0 Å². The van der Waals surface area contributed by atoms with Crippen LogP contribution in [0.15, 0.2) is 70.9 Å². The molecule has 0 aliphatic heterocycles. The molecule has 7 heteroatoms. The van der Waals surface area contributed by atoms with E-state index >= 15 is 0 Å². The average Bonchev–Trinajstić information content (AvgIpc) is 2.54. The van der Waals surface area contributed by atoms with Crippen molar-refractivity contribution in [3.05, 3.63) is 70.8 Å². The summed E-state index contributed by atoms with van der Waals surface area (Å²) in [5, 5.41) is 21.3. The van der Waals surface area contributed by atoms with Crippen molar-refractivity contribution >= 4 is 28.7 Å². The molecule has 116 valence electrons. The second-order valence-corrected chi connectivity index (χ2v) is 4.75. The molecule has 0 heterocycles. The summed E-state index contributed by atoms with van der Waals surface area (Å²) in [5.41, 5.74) is 2.16. The summed E-state index contributed by atoms with van der Waals surface area (Å²) >= 11 is 0. The summed E-state index contributed by atoms with van der Waals surface area (Å²) in [5.74, 6) is -0.245. The Labute approximate surface area is 132 Å². The number of anilines is 1. The normalized spacial score (nSPS) is 10.5. The van der Waals surface area contributed by atoms with Gasteiger partial charge in [0.1, 0.15) is 0 Å². The predicted molar refractivity (Wildman–Crippen MR) is 87.2 cm³/mol. The molecular weight excluding hydrogens is 296 g/mol. The Morgan fingerprint density at radius 2 is 1.52 bits per heavy atom. The van der Waals surface area contributed by atoms with Gasteiger partial charge in [0.05, 0.1) is 16.3 Å². The van der Waals surface area contributed by atoms with Crippen LogP contribution in [-0.2, 0) is 4.79 Å². The molecule has 0 unspecified atom stereocenters. The molecule has 0 saturated carbocycles. The zero-order valence-electron chi connectivity index (χ0n) is 12.4. The van der Waals surface area contributed by atoms with Crippen LogP contribution < -0.4 is 5.32 Å². The Bertz CT molecular complexity index is 765. The molecule has 2 aromatic rings. The number of carbonyl (C=O) groups is 1. The largest absolute Gasteiger partial charge is 0.322 e. The van der Waals surface area contributed by atoms with Crippen molar-refractivity contribution in [3.63, 3.8) is 0 Å². The molecule has 1 amide bonds. The van der Waals surface area contributed by atoms with E-state index in [1.807, 2.05) is 0 Å². The van der Waals surface area contributed by atoms with Crippen LogP contribution in [0.2, 0.25) is 0 Å². The minimum absolute atomic E-state index is 0.00144. The Morgan fingerprint density at radius 3 is 1.96 bits per heavy atom. The molecule has 2 aromatic carbocycles. The van der Waals surface area contributed by atoms with Crippen molar-refractivity contribution in [3.8, 4) is 0 Å². The van der Waals surface area contributed by atoms with E-state index in [1.165, 1.54) is 24.3 Å². The topological polar surface area (TPSA) is 97.0 Å². The highest BCUT2D eigenvalue weighted by Crippen LogP contribution is 2.22. The molecule has 0 spiro atoms. The monoisotopic (exact) mass is 310 g/mol. The van der Waals surface area contributed by atoms with E-state index < -0.39 is 4.92 Å². The number of amides is 1. The molecule has 0 aliphatic carbocycles. The lowest BCUT2D eigenvalue weighted by Gasteiger charge is -2.04. The van der Waals surface area contributed by atoms with Crippen LogP contribution >= 0.6 is 0 Å². The van der Waals surface area contributed by atoms with Gasteiger partial charge in [-0.15, -0.1) is 0 Å². The van der Waals surface area contributed by atoms with Gasteiger partial charge in [0.15, 0.2) is 0 Å². The van der Waals surface area contributed by atoms with Gasteiger partial charge in [0.2, 0.25) is 0 Å². The Kier molecular flexibility index (Phi) is 4.93. The highest BCUT2D eigenvalue weighted by Gasteiger charge is 2.04. The third-order valence-electron chi connectivity index (χ3n) is 2.85. The number of rotatable bonds is 5. The number of hydrogen-bond acceptors (Lipinski definition) is 5. The number of nitro benzene ring substituents is 1. The number of benzene rings is 2. The predicted octanol–water partition coefficient (Wildman–Crippen LogP) is 4.52. The molecule has 2 rings (SSSR count). The first-order valence-corrected chi connectivity index (χ1v) is 6.69. The summed E-state index contributed by atoms with van der Waals surface area (Å²) in [7, 11) is 0. The Balaban J connectivity index is 2.04. The number of hydrogen-bond donors (Lipinski definition) is 1. The maximum Gasteiger partial charge on any atom is 0.269 e. The van der Waals surface area contributed by atoms with E-state index in [4.69, 9.17) is 0 Å². The van der Waals surface area contributed by atoms with Gasteiger partial charge in [0, 0.05) is 23.4 Å². The summed E-state index contributed by atoms with van der Waals surface area (Å²) in [4.78, 5) is 21.6. The third kappa shape index (κ3) is 4.57. The van der Waals surface area contributed by atoms with Gasteiger partial charge in [-0.25, -0.2) is 0 Å². The minimum Gasteiger partial charge on any atom is -0.322 e. The molecule has 23 heavy (non-hydrogen) atoms. The first-order chi connectivity index (χ1) is 11.0. The molecule has 0 saturated heterocycles. The van der Waals surface area contributed by atoms with E-state index in [-0.39, 0.29) is 11.6 Å². The van der Waals surface area contributed by atoms with Crippen LogP contribution in [0.1, 0.15) is 6.92 Å². The highest BCUT2D eigenvalue weighted by molar-refractivity contribution is 6.02. The zero-order valence-corrected chi connectivity index (χ0v) is 12.4.